The van der Waals surface area contributed by atoms with E-state index in [-0.39, 0.29) is 22.4 Å². The molecule has 1 fully saturated rings. The zero-order valence-electron chi connectivity index (χ0n) is 14.9. The molecular formula is C18H14ClF3N4O3. The Labute approximate surface area is 167 Å². The summed E-state index contributed by atoms with van der Waals surface area (Å²) in [6.45, 7) is 1.24. The van der Waals surface area contributed by atoms with E-state index < -0.39 is 35.4 Å². The Hall–Kier alpha value is -2.88. The van der Waals surface area contributed by atoms with E-state index in [1.165, 1.54) is 19.1 Å². The largest absolute Gasteiger partial charge is 0.480 e. The van der Waals surface area contributed by atoms with Gasteiger partial charge in [0.15, 0.2) is 11.5 Å². The van der Waals surface area contributed by atoms with Crippen molar-refractivity contribution >= 4 is 17.6 Å². The van der Waals surface area contributed by atoms with Crippen LogP contribution >= 0.6 is 11.6 Å². The number of nitrogens with zero attached hydrogens (tertiary/aromatic N) is 4. The van der Waals surface area contributed by atoms with Crippen molar-refractivity contribution in [1.29, 1.82) is 0 Å². The molecule has 1 aromatic carbocycles. The van der Waals surface area contributed by atoms with E-state index in [9.17, 15) is 18.0 Å². The number of benzene rings is 1. The third-order valence-corrected chi connectivity index (χ3v) is 5.30. The zero-order chi connectivity index (χ0) is 20.9. The first-order valence-electron chi connectivity index (χ1n) is 8.63. The van der Waals surface area contributed by atoms with Crippen LogP contribution in [0.3, 0.4) is 0 Å². The number of hydrogen-bond donors (Lipinski definition) is 1. The molecule has 2 heterocycles. The number of aromatic nitrogens is 4. The highest BCUT2D eigenvalue weighted by molar-refractivity contribution is 6.31. The highest BCUT2D eigenvalue weighted by Crippen LogP contribution is 2.54. The van der Waals surface area contributed by atoms with Crippen LogP contribution < -0.4 is 0 Å². The average molecular weight is 427 g/mol. The molecule has 0 aliphatic heterocycles. The molecule has 11 heteroatoms. The third kappa shape index (κ3) is 3.27. The van der Waals surface area contributed by atoms with Crippen molar-refractivity contribution in [3.63, 3.8) is 0 Å². The Balaban J connectivity index is 1.71. The van der Waals surface area contributed by atoms with Gasteiger partial charge in [-0.15, -0.1) is 0 Å². The quantitative estimate of drug-likeness (QED) is 0.628. The SMILES string of the molecule is C[C@@H](C(=O)O)n1nc(-c2nc(C3(c4ccc(F)cc4Cl)CC3)no2)cc1C(F)F. The second kappa shape index (κ2) is 6.87. The first kappa shape index (κ1) is 19.4. The van der Waals surface area contributed by atoms with Crippen molar-refractivity contribution < 1.29 is 27.6 Å². The normalized spacial score (nSPS) is 16.2. The van der Waals surface area contributed by atoms with Gasteiger partial charge in [-0.1, -0.05) is 22.8 Å². The second-order valence-electron chi connectivity index (χ2n) is 6.84. The van der Waals surface area contributed by atoms with Crippen LogP contribution in [-0.4, -0.2) is 31.0 Å². The highest BCUT2D eigenvalue weighted by Gasteiger charge is 2.51. The monoisotopic (exact) mass is 426 g/mol. The molecule has 0 radical (unpaired) electrons. The van der Waals surface area contributed by atoms with Crippen LogP contribution in [-0.2, 0) is 10.2 Å². The van der Waals surface area contributed by atoms with Crippen LogP contribution in [0.25, 0.3) is 11.6 Å². The topological polar surface area (TPSA) is 94.0 Å². The molecule has 0 unspecified atom stereocenters. The van der Waals surface area contributed by atoms with Gasteiger partial charge < -0.3 is 9.63 Å². The molecule has 3 aromatic rings. The van der Waals surface area contributed by atoms with Gasteiger partial charge in [0.1, 0.15) is 17.6 Å². The molecule has 1 saturated carbocycles. The van der Waals surface area contributed by atoms with Crippen molar-refractivity contribution in [3.05, 3.63) is 52.2 Å². The minimum absolute atomic E-state index is 0.0619. The van der Waals surface area contributed by atoms with Crippen LogP contribution in [0, 0.1) is 5.82 Å². The van der Waals surface area contributed by atoms with Crippen LogP contribution in [0.2, 0.25) is 5.02 Å². The molecule has 1 N–H and O–H groups in total. The molecule has 2 aromatic heterocycles. The van der Waals surface area contributed by atoms with Gasteiger partial charge >= 0.3 is 5.97 Å². The molecule has 4 rings (SSSR count). The van der Waals surface area contributed by atoms with Crippen LogP contribution in [0.1, 0.15) is 49.3 Å². The summed E-state index contributed by atoms with van der Waals surface area (Å²) < 4.78 is 45.9. The number of hydrogen-bond acceptors (Lipinski definition) is 5. The first-order valence-corrected chi connectivity index (χ1v) is 9.01. The van der Waals surface area contributed by atoms with Gasteiger partial charge in [0, 0.05) is 5.02 Å². The third-order valence-electron chi connectivity index (χ3n) is 4.98. The van der Waals surface area contributed by atoms with Gasteiger partial charge in [0.25, 0.3) is 12.3 Å². The fourth-order valence-electron chi connectivity index (χ4n) is 3.23. The van der Waals surface area contributed by atoms with E-state index in [0.717, 1.165) is 10.7 Å². The van der Waals surface area contributed by atoms with E-state index in [4.69, 9.17) is 21.2 Å². The fourth-order valence-corrected chi connectivity index (χ4v) is 3.58. The van der Waals surface area contributed by atoms with Crippen LogP contribution in [0.4, 0.5) is 13.2 Å². The van der Waals surface area contributed by atoms with E-state index in [1.807, 2.05) is 0 Å². The Morgan fingerprint density at radius 2 is 2.07 bits per heavy atom. The summed E-state index contributed by atoms with van der Waals surface area (Å²) in [5.74, 6) is -1.63. The smallest absolute Gasteiger partial charge is 0.328 e. The molecule has 1 atom stereocenters. The lowest BCUT2D eigenvalue weighted by Gasteiger charge is -2.12. The van der Waals surface area contributed by atoms with E-state index in [1.54, 1.807) is 6.07 Å². The number of alkyl halides is 2. The molecular weight excluding hydrogens is 413 g/mol. The number of carbonyl (C=O) groups is 1. The number of halogens is 4. The summed E-state index contributed by atoms with van der Waals surface area (Å²) in [6, 6.07) is 3.75. The van der Waals surface area contributed by atoms with E-state index in [0.29, 0.717) is 18.4 Å². The molecule has 0 bridgehead atoms. The van der Waals surface area contributed by atoms with Crippen molar-refractivity contribution in [2.75, 3.05) is 0 Å². The molecule has 1 aliphatic carbocycles. The Morgan fingerprint density at radius 3 is 2.66 bits per heavy atom. The van der Waals surface area contributed by atoms with Gasteiger partial charge in [-0.3, -0.25) is 0 Å². The van der Waals surface area contributed by atoms with Crippen molar-refractivity contribution in [1.82, 2.24) is 19.9 Å². The Kier molecular flexibility index (Phi) is 4.60. The highest BCUT2D eigenvalue weighted by atomic mass is 35.5. The van der Waals surface area contributed by atoms with Gasteiger partial charge in [0.05, 0.1) is 5.41 Å². The van der Waals surface area contributed by atoms with Gasteiger partial charge in [-0.05, 0) is 43.5 Å². The number of carboxylic acids is 1. The van der Waals surface area contributed by atoms with E-state index in [2.05, 4.69) is 15.2 Å². The summed E-state index contributed by atoms with van der Waals surface area (Å²) in [5, 5.41) is 17.2. The lowest BCUT2D eigenvalue weighted by atomic mass is 9.95. The minimum Gasteiger partial charge on any atom is -0.480 e. The summed E-state index contributed by atoms with van der Waals surface area (Å²) in [5.41, 5.74) is -0.633. The number of carboxylic acid groups (broad SMARTS) is 1. The zero-order valence-corrected chi connectivity index (χ0v) is 15.7. The molecule has 29 heavy (non-hydrogen) atoms. The second-order valence-corrected chi connectivity index (χ2v) is 7.25. The van der Waals surface area contributed by atoms with E-state index >= 15 is 0 Å². The van der Waals surface area contributed by atoms with Gasteiger partial charge in [-0.25, -0.2) is 22.6 Å². The predicted octanol–water partition coefficient (Wildman–Crippen LogP) is 4.39. The summed E-state index contributed by atoms with van der Waals surface area (Å²) in [6.07, 6.45) is -1.62. The Morgan fingerprint density at radius 1 is 1.34 bits per heavy atom. The molecule has 0 spiro atoms. The first-order chi connectivity index (χ1) is 13.7. The van der Waals surface area contributed by atoms with Gasteiger partial charge in [0.2, 0.25) is 0 Å². The predicted molar refractivity (Wildman–Crippen MR) is 94.2 cm³/mol. The standard InChI is InChI=1S/C18H14ClF3N4O3/c1-8(16(27)28)26-13(14(21)22)7-12(24-26)15-23-17(25-29-15)18(4-5-18)10-3-2-9(20)6-11(10)19/h2-3,6-8,14H,4-5H2,1H3,(H,27,28)/t8-/m0/s1. The lowest BCUT2D eigenvalue weighted by molar-refractivity contribution is -0.140. The summed E-state index contributed by atoms with van der Waals surface area (Å²) >= 11 is 6.17. The Bertz CT molecular complexity index is 1090. The maximum absolute atomic E-state index is 13.4. The summed E-state index contributed by atoms with van der Waals surface area (Å²) in [4.78, 5) is 15.5. The molecule has 152 valence electrons. The summed E-state index contributed by atoms with van der Waals surface area (Å²) in [7, 11) is 0. The van der Waals surface area contributed by atoms with Crippen LogP contribution in [0.15, 0.2) is 28.8 Å². The van der Waals surface area contributed by atoms with Crippen molar-refractivity contribution in [3.8, 4) is 11.6 Å². The molecule has 0 amide bonds. The molecule has 1 aliphatic rings. The maximum Gasteiger partial charge on any atom is 0.328 e. The average Bonchev–Trinajstić information content (AvgIpc) is 3.12. The van der Waals surface area contributed by atoms with Crippen LogP contribution in [0.5, 0.6) is 0 Å². The number of aliphatic carboxylic acids is 1. The molecule has 0 saturated heterocycles. The van der Waals surface area contributed by atoms with Crippen molar-refractivity contribution in [2.24, 2.45) is 0 Å². The lowest BCUT2D eigenvalue weighted by Crippen LogP contribution is -2.19. The molecule has 7 nitrogen and oxygen atoms in total. The minimum atomic E-state index is -2.94. The van der Waals surface area contributed by atoms with Crippen molar-refractivity contribution in [2.45, 2.75) is 37.6 Å². The number of rotatable bonds is 6. The maximum atomic E-state index is 13.4. The van der Waals surface area contributed by atoms with Gasteiger partial charge in [-0.2, -0.15) is 10.1 Å². The fraction of sp³-hybridized carbons (Fsp3) is 0.333.